The maximum Gasteiger partial charge on any atom is 0.287 e. The fourth-order valence-electron chi connectivity index (χ4n) is 3.91. The molecule has 0 spiro atoms. The Morgan fingerprint density at radius 3 is 2.76 bits per heavy atom. The van der Waals surface area contributed by atoms with Gasteiger partial charge in [0.25, 0.3) is 5.91 Å². The summed E-state index contributed by atoms with van der Waals surface area (Å²) in [5.41, 5.74) is 1.59. The van der Waals surface area contributed by atoms with Gasteiger partial charge < -0.3 is 15.1 Å². The highest BCUT2D eigenvalue weighted by atomic mass is 32.2. The normalized spacial score (nSPS) is 15.1. The van der Waals surface area contributed by atoms with Crippen LogP contribution in [0.4, 0.5) is 0 Å². The zero-order valence-electron chi connectivity index (χ0n) is 18.9. The number of carbonyl (C=O) groups is 2. The van der Waals surface area contributed by atoms with Gasteiger partial charge in [-0.3, -0.25) is 14.5 Å². The van der Waals surface area contributed by atoms with Gasteiger partial charge in [0.15, 0.2) is 10.1 Å². The van der Waals surface area contributed by atoms with Crippen molar-refractivity contribution in [1.29, 1.82) is 0 Å². The minimum atomic E-state index is -0.186. The molecule has 2 N–H and O–H groups in total. The fourth-order valence-corrected chi connectivity index (χ4v) is 5.75. The van der Waals surface area contributed by atoms with Crippen molar-refractivity contribution in [1.82, 2.24) is 25.7 Å². The molecule has 8 nitrogen and oxygen atoms in total. The summed E-state index contributed by atoms with van der Waals surface area (Å²) in [6.45, 7) is 6.65. The average Bonchev–Trinajstić information content (AvgIpc) is 3.40. The summed E-state index contributed by atoms with van der Waals surface area (Å²) in [5.74, 6) is 0.828. The van der Waals surface area contributed by atoms with Crippen molar-refractivity contribution in [3.05, 3.63) is 40.6 Å². The number of likely N-dealkylation sites (tertiary alicyclic amines) is 1. The highest BCUT2D eigenvalue weighted by Crippen LogP contribution is 2.33. The van der Waals surface area contributed by atoms with Crippen LogP contribution in [0.15, 0.2) is 33.0 Å². The van der Waals surface area contributed by atoms with Crippen molar-refractivity contribution < 1.29 is 14.0 Å². The molecule has 4 rings (SSSR count). The lowest BCUT2D eigenvalue weighted by atomic mass is 10.0. The van der Waals surface area contributed by atoms with E-state index in [9.17, 15) is 9.59 Å². The monoisotopic (exact) mass is 487 g/mol. The van der Waals surface area contributed by atoms with E-state index in [1.807, 2.05) is 38.1 Å². The minimum absolute atomic E-state index is 0.0620. The van der Waals surface area contributed by atoms with E-state index >= 15 is 0 Å². The number of nitrogens with one attached hydrogen (secondary N) is 2. The summed E-state index contributed by atoms with van der Waals surface area (Å²) in [7, 11) is 0. The summed E-state index contributed by atoms with van der Waals surface area (Å²) in [5, 5.41) is 16.2. The lowest BCUT2D eigenvalue weighted by Gasteiger charge is -2.31. The van der Waals surface area contributed by atoms with Gasteiger partial charge in [-0.25, -0.2) is 0 Å². The molecule has 0 unspecified atom stereocenters. The van der Waals surface area contributed by atoms with Gasteiger partial charge in [0, 0.05) is 42.4 Å². The number of benzene rings is 1. The molecule has 0 radical (unpaired) electrons. The molecular weight excluding hydrogens is 458 g/mol. The van der Waals surface area contributed by atoms with Gasteiger partial charge in [0.1, 0.15) is 10.6 Å². The van der Waals surface area contributed by atoms with Crippen molar-refractivity contribution in [2.45, 2.75) is 49.2 Å². The quantitative estimate of drug-likeness (QED) is 0.445. The Balaban J connectivity index is 1.38. The molecule has 1 aliphatic rings. The number of carbonyl (C=O) groups excluding carboxylic acids is 2. The van der Waals surface area contributed by atoms with Crippen LogP contribution in [0.3, 0.4) is 0 Å². The van der Waals surface area contributed by atoms with E-state index in [2.05, 4.69) is 25.7 Å². The molecule has 1 fully saturated rings. The molecule has 176 valence electrons. The molecule has 1 aromatic carbocycles. The Morgan fingerprint density at radius 1 is 1.24 bits per heavy atom. The Morgan fingerprint density at radius 2 is 2.03 bits per heavy atom. The van der Waals surface area contributed by atoms with Gasteiger partial charge in [0.05, 0.1) is 6.54 Å². The third kappa shape index (κ3) is 6.13. The Labute approximate surface area is 201 Å². The minimum Gasteiger partial charge on any atom is -0.451 e. The number of thioether (sulfide) groups is 1. The van der Waals surface area contributed by atoms with E-state index in [0.29, 0.717) is 30.2 Å². The zero-order valence-corrected chi connectivity index (χ0v) is 20.6. The number of rotatable bonds is 9. The van der Waals surface area contributed by atoms with Gasteiger partial charge in [-0.15, -0.1) is 10.2 Å². The molecular formula is C23H29N5O3S2. The number of fused-ring (bicyclic) bond motifs is 1. The topological polar surface area (TPSA) is 100 Å². The first-order chi connectivity index (χ1) is 16.0. The molecule has 10 heteroatoms. The summed E-state index contributed by atoms with van der Waals surface area (Å²) >= 11 is 3.11. The molecule has 0 aliphatic carbocycles. The maximum absolute atomic E-state index is 13.2. The van der Waals surface area contributed by atoms with Crippen LogP contribution in [0, 0.1) is 6.92 Å². The van der Waals surface area contributed by atoms with Crippen molar-refractivity contribution in [2.75, 3.05) is 26.2 Å². The van der Waals surface area contributed by atoms with Crippen molar-refractivity contribution in [3.8, 4) is 0 Å². The summed E-state index contributed by atoms with van der Waals surface area (Å²) in [6.07, 6.45) is 2.55. The molecule has 1 saturated heterocycles. The second kappa shape index (κ2) is 11.1. The van der Waals surface area contributed by atoms with E-state index in [0.717, 1.165) is 52.6 Å². The molecule has 2 amide bonds. The molecule has 0 bridgehead atoms. The van der Waals surface area contributed by atoms with E-state index < -0.39 is 0 Å². The number of piperidine rings is 1. The molecule has 1 aliphatic heterocycles. The van der Waals surface area contributed by atoms with Gasteiger partial charge in [0.2, 0.25) is 5.91 Å². The van der Waals surface area contributed by atoms with E-state index in [1.54, 1.807) is 23.1 Å². The number of furan rings is 1. The Bertz CT molecular complexity index is 1100. The molecule has 33 heavy (non-hydrogen) atoms. The van der Waals surface area contributed by atoms with Gasteiger partial charge >= 0.3 is 0 Å². The third-order valence-electron chi connectivity index (χ3n) is 5.61. The summed E-state index contributed by atoms with van der Waals surface area (Å²) in [6, 6.07) is 7.79. The second-order valence-corrected chi connectivity index (χ2v) is 10.6. The lowest BCUT2D eigenvalue weighted by molar-refractivity contribution is -0.122. The third-order valence-corrected chi connectivity index (χ3v) is 7.61. The van der Waals surface area contributed by atoms with E-state index in [1.165, 1.54) is 0 Å². The summed E-state index contributed by atoms with van der Waals surface area (Å²) < 4.78 is 6.86. The Kier molecular flexibility index (Phi) is 8.00. The predicted molar refractivity (Wildman–Crippen MR) is 131 cm³/mol. The first kappa shape index (κ1) is 23.7. The fraction of sp³-hybridized carbons (Fsp3) is 0.478. The van der Waals surface area contributed by atoms with Crippen molar-refractivity contribution in [3.63, 3.8) is 0 Å². The molecule has 0 atom stereocenters. The van der Waals surface area contributed by atoms with Crippen LogP contribution in [-0.4, -0.2) is 59.1 Å². The summed E-state index contributed by atoms with van der Waals surface area (Å²) in [4.78, 5) is 27.3. The Hall–Kier alpha value is -2.43. The van der Waals surface area contributed by atoms with Crippen LogP contribution in [-0.2, 0) is 10.5 Å². The average molecular weight is 488 g/mol. The van der Waals surface area contributed by atoms with Gasteiger partial charge in [-0.1, -0.05) is 48.2 Å². The number of aryl methyl sites for hydroxylation is 1. The number of nitrogens with zero attached hydrogens (tertiary/aromatic N) is 3. The van der Waals surface area contributed by atoms with Crippen LogP contribution in [0.25, 0.3) is 11.0 Å². The molecule has 3 aromatic rings. The first-order valence-electron chi connectivity index (χ1n) is 11.3. The first-order valence-corrected chi connectivity index (χ1v) is 13.1. The van der Waals surface area contributed by atoms with Crippen LogP contribution in [0.2, 0.25) is 0 Å². The molecule has 3 heterocycles. The SMILES string of the molecule is CCCNC(=O)CN1CCC(NC(=O)c2oc3ccccc3c2CSc2nnc(C)s2)CC1. The van der Waals surface area contributed by atoms with Crippen molar-refractivity contribution in [2.24, 2.45) is 0 Å². The largest absolute Gasteiger partial charge is 0.451 e. The predicted octanol–water partition coefficient (Wildman–Crippen LogP) is 3.61. The molecule has 2 aromatic heterocycles. The van der Waals surface area contributed by atoms with Crippen LogP contribution >= 0.6 is 23.1 Å². The van der Waals surface area contributed by atoms with Crippen LogP contribution < -0.4 is 10.6 Å². The maximum atomic E-state index is 13.2. The van der Waals surface area contributed by atoms with E-state index in [-0.39, 0.29) is 17.9 Å². The van der Waals surface area contributed by atoms with Crippen LogP contribution in [0.1, 0.15) is 47.3 Å². The molecule has 0 saturated carbocycles. The highest BCUT2D eigenvalue weighted by molar-refractivity contribution is 8.00. The van der Waals surface area contributed by atoms with Crippen molar-refractivity contribution >= 4 is 45.9 Å². The smallest absolute Gasteiger partial charge is 0.287 e. The lowest BCUT2D eigenvalue weighted by Crippen LogP contribution is -2.47. The zero-order chi connectivity index (χ0) is 23.2. The van der Waals surface area contributed by atoms with Crippen LogP contribution in [0.5, 0.6) is 0 Å². The highest BCUT2D eigenvalue weighted by Gasteiger charge is 2.26. The number of hydrogen-bond donors (Lipinski definition) is 2. The second-order valence-electron chi connectivity index (χ2n) is 8.16. The van der Waals surface area contributed by atoms with Gasteiger partial charge in [-0.05, 0) is 32.3 Å². The number of hydrogen-bond acceptors (Lipinski definition) is 8. The number of aromatic nitrogens is 2. The number of para-hydroxylation sites is 1. The van der Waals surface area contributed by atoms with E-state index in [4.69, 9.17) is 4.42 Å². The van der Waals surface area contributed by atoms with Gasteiger partial charge in [-0.2, -0.15) is 0 Å². The number of amides is 2. The standard InChI is InChI=1S/C23H29N5O3S2/c1-3-10-24-20(29)13-28-11-8-16(9-12-28)25-22(30)21-18(14-32-23-27-26-15(2)33-23)17-6-4-5-7-19(17)31-21/h4-7,16H,3,8-14H2,1-2H3,(H,24,29)(H,25,30).